The number of nitrogens with one attached hydrogen (secondary N) is 2. The molecule has 3 aliphatic rings. The summed E-state index contributed by atoms with van der Waals surface area (Å²) in [7, 11) is 0. The molecule has 0 aliphatic carbocycles. The molecular formula is C22H21N3O4S. The van der Waals surface area contributed by atoms with E-state index in [1.54, 1.807) is 23.9 Å². The van der Waals surface area contributed by atoms with Crippen molar-refractivity contribution in [1.82, 2.24) is 15.5 Å². The van der Waals surface area contributed by atoms with Crippen LogP contribution in [0.2, 0.25) is 0 Å². The Morgan fingerprint density at radius 3 is 2.90 bits per heavy atom. The Labute approximate surface area is 178 Å². The molecule has 2 atom stereocenters. The second kappa shape index (κ2) is 7.36. The Bertz CT molecular complexity index is 1040. The number of imide groups is 1. The molecule has 0 aromatic heterocycles. The van der Waals surface area contributed by atoms with E-state index < -0.39 is 17.5 Å². The van der Waals surface area contributed by atoms with Gasteiger partial charge in [0.15, 0.2) is 5.54 Å². The van der Waals surface area contributed by atoms with E-state index in [1.165, 1.54) is 0 Å². The summed E-state index contributed by atoms with van der Waals surface area (Å²) in [4.78, 5) is 40.9. The Morgan fingerprint density at radius 1 is 1.20 bits per heavy atom. The minimum Gasteiger partial charge on any atom is -0.493 e. The molecule has 4 amide bonds. The van der Waals surface area contributed by atoms with Gasteiger partial charge in [0.2, 0.25) is 5.91 Å². The average molecular weight is 423 g/mol. The van der Waals surface area contributed by atoms with E-state index in [9.17, 15) is 14.4 Å². The molecule has 1 spiro atoms. The van der Waals surface area contributed by atoms with Crippen molar-refractivity contribution in [2.45, 2.75) is 29.3 Å². The van der Waals surface area contributed by atoms with E-state index in [1.807, 2.05) is 36.4 Å². The molecular weight excluding hydrogens is 402 g/mol. The zero-order valence-electron chi connectivity index (χ0n) is 16.2. The second-order valence-electron chi connectivity index (χ2n) is 7.62. The van der Waals surface area contributed by atoms with Crippen molar-refractivity contribution in [2.75, 3.05) is 18.9 Å². The Balaban J connectivity index is 1.34. The summed E-state index contributed by atoms with van der Waals surface area (Å²) in [6.45, 7) is 0.0147. The second-order valence-corrected chi connectivity index (χ2v) is 8.75. The summed E-state index contributed by atoms with van der Waals surface area (Å²) in [6.07, 6.45) is 1.14. The number of urea groups is 1. The lowest BCUT2D eigenvalue weighted by molar-refractivity contribution is -0.136. The molecule has 5 rings (SSSR count). The lowest BCUT2D eigenvalue weighted by Gasteiger charge is -2.33. The summed E-state index contributed by atoms with van der Waals surface area (Å²) >= 11 is 1.77. The molecule has 2 aromatic carbocycles. The number of amides is 4. The number of hydrogen-bond acceptors (Lipinski definition) is 5. The first-order valence-corrected chi connectivity index (χ1v) is 10.9. The van der Waals surface area contributed by atoms with E-state index in [4.69, 9.17) is 4.74 Å². The predicted octanol–water partition coefficient (Wildman–Crippen LogP) is 2.57. The zero-order chi connectivity index (χ0) is 20.7. The lowest BCUT2D eigenvalue weighted by Crippen LogP contribution is -2.48. The van der Waals surface area contributed by atoms with Gasteiger partial charge in [0.05, 0.1) is 12.6 Å². The molecule has 0 unspecified atom stereocenters. The third kappa shape index (κ3) is 3.02. The minimum absolute atomic E-state index is 0.117. The average Bonchev–Trinajstić information content (AvgIpc) is 2.99. The molecule has 8 heteroatoms. The summed E-state index contributed by atoms with van der Waals surface area (Å²) in [5, 5.41) is 5.83. The van der Waals surface area contributed by atoms with E-state index in [2.05, 4.69) is 10.6 Å². The minimum atomic E-state index is -1.17. The maximum absolute atomic E-state index is 13.3. The zero-order valence-corrected chi connectivity index (χ0v) is 17.0. The highest BCUT2D eigenvalue weighted by Crippen LogP contribution is 2.41. The summed E-state index contributed by atoms with van der Waals surface area (Å²) in [5.74, 6) is 0.742. The largest absolute Gasteiger partial charge is 0.493 e. The van der Waals surface area contributed by atoms with E-state index in [-0.39, 0.29) is 18.5 Å². The first kappa shape index (κ1) is 19.0. The molecule has 30 heavy (non-hydrogen) atoms. The smallest absolute Gasteiger partial charge is 0.325 e. The molecule has 2 aromatic rings. The molecule has 0 bridgehead atoms. The van der Waals surface area contributed by atoms with Crippen LogP contribution in [0.4, 0.5) is 4.79 Å². The van der Waals surface area contributed by atoms with Crippen molar-refractivity contribution >= 4 is 29.6 Å². The van der Waals surface area contributed by atoms with Crippen LogP contribution in [0.3, 0.4) is 0 Å². The number of rotatable bonds is 3. The van der Waals surface area contributed by atoms with Gasteiger partial charge in [0, 0.05) is 22.6 Å². The molecule has 0 saturated carbocycles. The molecule has 3 heterocycles. The van der Waals surface area contributed by atoms with Gasteiger partial charge in [-0.1, -0.05) is 36.4 Å². The third-order valence-corrected chi connectivity index (χ3v) is 6.98. The first-order valence-electron chi connectivity index (χ1n) is 9.96. The number of carbonyl (C=O) groups is 3. The first-order chi connectivity index (χ1) is 14.6. The standard InChI is InChI=1S/C22H21N3O4S/c26-19(23-16-9-12-30-18-8-4-1-5-14(16)18)13-25-20(27)22(24-21(25)28)10-11-29-17-7-3-2-6-15(17)22/h1-8,16H,9-13H2,(H,23,26)(H,24,28)/t16-,22+/m1/s1. The van der Waals surface area contributed by atoms with Crippen molar-refractivity contribution in [3.05, 3.63) is 59.7 Å². The van der Waals surface area contributed by atoms with Crippen molar-refractivity contribution in [2.24, 2.45) is 0 Å². The maximum Gasteiger partial charge on any atom is 0.325 e. The fourth-order valence-corrected chi connectivity index (χ4v) is 5.52. The van der Waals surface area contributed by atoms with Gasteiger partial charge in [-0.05, 0) is 24.1 Å². The number of ether oxygens (including phenoxy) is 1. The Kier molecular flexibility index (Phi) is 4.66. The topological polar surface area (TPSA) is 87.7 Å². The van der Waals surface area contributed by atoms with Crippen LogP contribution in [0.1, 0.15) is 30.0 Å². The van der Waals surface area contributed by atoms with Crippen LogP contribution in [0.25, 0.3) is 0 Å². The van der Waals surface area contributed by atoms with Crippen LogP contribution in [-0.2, 0) is 15.1 Å². The van der Waals surface area contributed by atoms with Gasteiger partial charge in [-0.15, -0.1) is 11.8 Å². The van der Waals surface area contributed by atoms with Crippen LogP contribution in [0.5, 0.6) is 5.75 Å². The van der Waals surface area contributed by atoms with Crippen LogP contribution in [0.15, 0.2) is 53.4 Å². The molecule has 2 N–H and O–H groups in total. The van der Waals surface area contributed by atoms with E-state index in [0.717, 1.165) is 27.5 Å². The van der Waals surface area contributed by atoms with Crippen LogP contribution < -0.4 is 15.4 Å². The molecule has 0 radical (unpaired) electrons. The monoisotopic (exact) mass is 423 g/mol. The molecule has 7 nitrogen and oxygen atoms in total. The highest BCUT2D eigenvalue weighted by atomic mass is 32.2. The van der Waals surface area contributed by atoms with Gasteiger partial charge in [0.25, 0.3) is 5.91 Å². The number of thioether (sulfide) groups is 1. The number of carbonyl (C=O) groups excluding carboxylic acids is 3. The molecule has 1 fully saturated rings. The Morgan fingerprint density at radius 2 is 2.00 bits per heavy atom. The molecule has 1 saturated heterocycles. The quantitative estimate of drug-likeness (QED) is 0.741. The van der Waals surface area contributed by atoms with Crippen molar-refractivity contribution < 1.29 is 19.1 Å². The fourth-order valence-electron chi connectivity index (χ4n) is 4.39. The van der Waals surface area contributed by atoms with Gasteiger partial charge in [-0.2, -0.15) is 0 Å². The van der Waals surface area contributed by atoms with Crippen LogP contribution in [0, 0.1) is 0 Å². The Hall–Kier alpha value is -3.00. The lowest BCUT2D eigenvalue weighted by atomic mass is 9.84. The molecule has 154 valence electrons. The SMILES string of the molecule is O=C(CN1C(=O)N[C@]2(CCOc3ccccc32)C1=O)N[C@@H]1CCSc2ccccc21. The van der Waals surface area contributed by atoms with Gasteiger partial charge < -0.3 is 15.4 Å². The third-order valence-electron chi connectivity index (χ3n) is 5.85. The molecule has 3 aliphatic heterocycles. The number of fused-ring (bicyclic) bond motifs is 3. The summed E-state index contributed by atoms with van der Waals surface area (Å²) in [6, 6.07) is 14.5. The van der Waals surface area contributed by atoms with Gasteiger partial charge in [-0.3, -0.25) is 14.5 Å². The number of para-hydroxylation sites is 1. The summed E-state index contributed by atoms with van der Waals surface area (Å²) in [5.41, 5.74) is 0.546. The highest BCUT2D eigenvalue weighted by Gasteiger charge is 2.55. The normalized spacial score (nSPS) is 24.7. The maximum atomic E-state index is 13.3. The van der Waals surface area contributed by atoms with Crippen molar-refractivity contribution in [3.63, 3.8) is 0 Å². The van der Waals surface area contributed by atoms with E-state index >= 15 is 0 Å². The summed E-state index contributed by atoms with van der Waals surface area (Å²) < 4.78 is 5.64. The fraction of sp³-hybridized carbons (Fsp3) is 0.318. The number of benzene rings is 2. The highest BCUT2D eigenvalue weighted by molar-refractivity contribution is 7.99. The van der Waals surface area contributed by atoms with Crippen molar-refractivity contribution in [1.29, 1.82) is 0 Å². The van der Waals surface area contributed by atoms with Crippen molar-refractivity contribution in [3.8, 4) is 5.75 Å². The van der Waals surface area contributed by atoms with Crippen LogP contribution in [-0.4, -0.2) is 41.6 Å². The van der Waals surface area contributed by atoms with E-state index in [0.29, 0.717) is 24.3 Å². The van der Waals surface area contributed by atoms with Crippen LogP contribution >= 0.6 is 11.8 Å². The number of nitrogens with zero attached hydrogens (tertiary/aromatic N) is 1. The number of hydrogen-bond donors (Lipinski definition) is 2. The van der Waals surface area contributed by atoms with Gasteiger partial charge in [0.1, 0.15) is 12.3 Å². The predicted molar refractivity (Wildman–Crippen MR) is 111 cm³/mol. The van der Waals surface area contributed by atoms with Gasteiger partial charge in [-0.25, -0.2) is 4.79 Å². The van der Waals surface area contributed by atoms with Gasteiger partial charge >= 0.3 is 6.03 Å².